The van der Waals surface area contributed by atoms with Gasteiger partial charge in [-0.05, 0) is 24.7 Å². The van der Waals surface area contributed by atoms with Crippen molar-refractivity contribution in [1.82, 2.24) is 5.32 Å². The average molecular weight is 200 g/mol. The molecule has 0 radical (unpaired) electrons. The van der Waals surface area contributed by atoms with Gasteiger partial charge in [-0.1, -0.05) is 13.8 Å². The quantitative estimate of drug-likeness (QED) is 0.620. The molecule has 4 nitrogen and oxygen atoms in total. The van der Waals surface area contributed by atoms with Gasteiger partial charge in [0.05, 0.1) is 0 Å². The van der Waals surface area contributed by atoms with Gasteiger partial charge in [0.2, 0.25) is 0 Å². The monoisotopic (exact) mass is 200 g/mol. The predicted octanol–water partition coefficient (Wildman–Crippen LogP) is 0.567. The summed E-state index contributed by atoms with van der Waals surface area (Å²) in [7, 11) is 0. The second-order valence-corrected chi connectivity index (χ2v) is 4.90. The van der Waals surface area contributed by atoms with E-state index in [0.717, 1.165) is 19.3 Å². The highest BCUT2D eigenvalue weighted by Gasteiger charge is 2.32. The van der Waals surface area contributed by atoms with E-state index in [1.165, 1.54) is 0 Å². The van der Waals surface area contributed by atoms with Crippen LogP contribution in [0.15, 0.2) is 0 Å². The van der Waals surface area contributed by atoms with E-state index < -0.39 is 12.0 Å². The van der Waals surface area contributed by atoms with Crippen LogP contribution >= 0.6 is 0 Å². The third-order valence-corrected chi connectivity index (χ3v) is 2.94. The van der Waals surface area contributed by atoms with Crippen molar-refractivity contribution in [2.24, 2.45) is 11.1 Å². The third kappa shape index (κ3) is 2.96. The summed E-state index contributed by atoms with van der Waals surface area (Å²) >= 11 is 0. The van der Waals surface area contributed by atoms with Crippen molar-refractivity contribution >= 4 is 5.97 Å². The van der Waals surface area contributed by atoms with Crippen LogP contribution < -0.4 is 11.1 Å². The van der Waals surface area contributed by atoms with Crippen LogP contribution in [0.3, 0.4) is 0 Å². The summed E-state index contributed by atoms with van der Waals surface area (Å²) < 4.78 is 0. The molecule has 14 heavy (non-hydrogen) atoms. The molecule has 0 aromatic carbocycles. The first-order valence-electron chi connectivity index (χ1n) is 5.13. The van der Waals surface area contributed by atoms with Gasteiger partial charge in [-0.3, -0.25) is 4.79 Å². The van der Waals surface area contributed by atoms with Crippen molar-refractivity contribution in [2.45, 2.75) is 45.2 Å². The van der Waals surface area contributed by atoms with Gasteiger partial charge in [0.1, 0.15) is 6.04 Å². The molecule has 4 N–H and O–H groups in total. The van der Waals surface area contributed by atoms with Crippen molar-refractivity contribution in [3.8, 4) is 0 Å². The van der Waals surface area contributed by atoms with E-state index >= 15 is 0 Å². The van der Waals surface area contributed by atoms with Gasteiger partial charge in [0, 0.05) is 12.6 Å². The van der Waals surface area contributed by atoms with Gasteiger partial charge in [-0.15, -0.1) is 0 Å². The van der Waals surface area contributed by atoms with E-state index in [-0.39, 0.29) is 6.54 Å². The van der Waals surface area contributed by atoms with E-state index in [9.17, 15) is 4.79 Å². The summed E-state index contributed by atoms with van der Waals surface area (Å²) in [5.74, 6) is -0.850. The Kier molecular flexibility index (Phi) is 3.50. The van der Waals surface area contributed by atoms with E-state index in [4.69, 9.17) is 10.8 Å². The Balaban J connectivity index is 2.42. The summed E-state index contributed by atoms with van der Waals surface area (Å²) in [5.41, 5.74) is 5.72. The summed E-state index contributed by atoms with van der Waals surface area (Å²) in [5, 5.41) is 11.9. The number of carboxylic acids is 1. The first kappa shape index (κ1) is 11.5. The van der Waals surface area contributed by atoms with Crippen LogP contribution in [0.25, 0.3) is 0 Å². The van der Waals surface area contributed by atoms with Gasteiger partial charge >= 0.3 is 5.97 Å². The molecule has 0 bridgehead atoms. The molecule has 1 aliphatic carbocycles. The number of nitrogens with two attached hydrogens (primary N) is 1. The fourth-order valence-corrected chi connectivity index (χ4v) is 2.10. The van der Waals surface area contributed by atoms with Crippen LogP contribution in [-0.4, -0.2) is 29.7 Å². The topological polar surface area (TPSA) is 75.3 Å². The number of nitrogens with one attached hydrogen (secondary N) is 1. The molecule has 0 aromatic rings. The lowest BCUT2D eigenvalue weighted by Crippen LogP contribution is -2.47. The minimum atomic E-state index is -0.850. The zero-order chi connectivity index (χ0) is 10.8. The van der Waals surface area contributed by atoms with E-state index in [0.29, 0.717) is 11.5 Å². The lowest BCUT2D eigenvalue weighted by molar-refractivity contribution is -0.139. The first-order chi connectivity index (χ1) is 6.44. The van der Waals surface area contributed by atoms with Crippen LogP contribution in [0.1, 0.15) is 33.1 Å². The SMILES string of the molecule is CC1(C)CCC(NC(CN)C(=O)O)C1. The number of carbonyl (C=O) groups is 1. The van der Waals surface area contributed by atoms with Gasteiger partial charge < -0.3 is 16.2 Å². The molecule has 2 atom stereocenters. The molecule has 0 aliphatic heterocycles. The highest BCUT2D eigenvalue weighted by Crippen LogP contribution is 2.36. The molecule has 1 fully saturated rings. The molecule has 1 aliphatic rings. The van der Waals surface area contributed by atoms with Crippen molar-refractivity contribution in [3.05, 3.63) is 0 Å². The lowest BCUT2D eigenvalue weighted by atomic mass is 9.92. The molecule has 0 aromatic heterocycles. The Morgan fingerprint density at radius 3 is 2.71 bits per heavy atom. The largest absolute Gasteiger partial charge is 0.480 e. The second-order valence-electron chi connectivity index (χ2n) is 4.90. The second kappa shape index (κ2) is 4.28. The predicted molar refractivity (Wildman–Crippen MR) is 55.0 cm³/mol. The van der Waals surface area contributed by atoms with Crippen molar-refractivity contribution in [1.29, 1.82) is 0 Å². The van der Waals surface area contributed by atoms with Gasteiger partial charge in [0.15, 0.2) is 0 Å². The molecular formula is C10H20N2O2. The van der Waals surface area contributed by atoms with Crippen LogP contribution in [-0.2, 0) is 4.79 Å². The highest BCUT2D eigenvalue weighted by molar-refractivity contribution is 5.73. The Morgan fingerprint density at radius 2 is 2.36 bits per heavy atom. The number of carboxylic acid groups (broad SMARTS) is 1. The Labute approximate surface area is 84.9 Å². The molecule has 0 spiro atoms. The van der Waals surface area contributed by atoms with Crippen LogP contribution in [0.4, 0.5) is 0 Å². The van der Waals surface area contributed by atoms with Gasteiger partial charge in [-0.2, -0.15) is 0 Å². The Morgan fingerprint density at radius 1 is 1.71 bits per heavy atom. The summed E-state index contributed by atoms with van der Waals surface area (Å²) in [6.07, 6.45) is 3.25. The molecule has 1 saturated carbocycles. The van der Waals surface area contributed by atoms with E-state index in [2.05, 4.69) is 19.2 Å². The fraction of sp³-hybridized carbons (Fsp3) is 0.900. The highest BCUT2D eigenvalue weighted by atomic mass is 16.4. The third-order valence-electron chi connectivity index (χ3n) is 2.94. The zero-order valence-electron chi connectivity index (χ0n) is 8.92. The average Bonchev–Trinajstić information content (AvgIpc) is 2.41. The van der Waals surface area contributed by atoms with Crippen LogP contribution in [0.5, 0.6) is 0 Å². The molecule has 0 heterocycles. The van der Waals surface area contributed by atoms with Crippen LogP contribution in [0, 0.1) is 5.41 Å². The standard InChI is InChI=1S/C10H20N2O2/c1-10(2)4-3-7(5-10)12-8(6-11)9(13)14/h7-8,12H,3-6,11H2,1-2H3,(H,13,14). The Hall–Kier alpha value is -0.610. The summed E-state index contributed by atoms with van der Waals surface area (Å²) in [6.45, 7) is 4.59. The lowest BCUT2D eigenvalue weighted by Gasteiger charge is -2.20. The minimum absolute atomic E-state index is 0.159. The molecular weight excluding hydrogens is 180 g/mol. The first-order valence-corrected chi connectivity index (χ1v) is 5.13. The molecule has 1 rings (SSSR count). The molecule has 4 heteroatoms. The van der Waals surface area contributed by atoms with Gasteiger partial charge in [0.25, 0.3) is 0 Å². The van der Waals surface area contributed by atoms with E-state index in [1.807, 2.05) is 0 Å². The Bertz CT molecular complexity index is 216. The maximum Gasteiger partial charge on any atom is 0.322 e. The fourth-order valence-electron chi connectivity index (χ4n) is 2.10. The van der Waals surface area contributed by atoms with Crippen molar-refractivity contribution in [2.75, 3.05) is 6.54 Å². The molecule has 2 unspecified atom stereocenters. The maximum absolute atomic E-state index is 10.7. The van der Waals surface area contributed by atoms with Crippen molar-refractivity contribution < 1.29 is 9.90 Å². The van der Waals surface area contributed by atoms with E-state index in [1.54, 1.807) is 0 Å². The molecule has 82 valence electrons. The summed E-state index contributed by atoms with van der Waals surface area (Å²) in [6, 6.07) is -0.274. The van der Waals surface area contributed by atoms with Crippen LogP contribution in [0.2, 0.25) is 0 Å². The molecule has 0 amide bonds. The normalized spacial score (nSPS) is 27.5. The number of aliphatic carboxylic acids is 1. The smallest absolute Gasteiger partial charge is 0.322 e. The number of rotatable bonds is 4. The molecule has 0 saturated heterocycles. The zero-order valence-corrected chi connectivity index (χ0v) is 8.92. The maximum atomic E-state index is 10.7. The van der Waals surface area contributed by atoms with Gasteiger partial charge in [-0.25, -0.2) is 0 Å². The van der Waals surface area contributed by atoms with Crippen molar-refractivity contribution in [3.63, 3.8) is 0 Å². The number of hydrogen-bond acceptors (Lipinski definition) is 3. The minimum Gasteiger partial charge on any atom is -0.480 e. The number of hydrogen-bond donors (Lipinski definition) is 3. The summed E-state index contributed by atoms with van der Waals surface area (Å²) in [4.78, 5) is 10.7.